The third-order valence-electron chi connectivity index (χ3n) is 2.98. The van der Waals surface area contributed by atoms with Gasteiger partial charge in [0.2, 0.25) is 11.8 Å². The molecule has 17 heavy (non-hydrogen) atoms. The number of nitrogens with one attached hydrogen (secondary N) is 2. The van der Waals surface area contributed by atoms with E-state index in [2.05, 4.69) is 43.5 Å². The zero-order chi connectivity index (χ0) is 12.3. The van der Waals surface area contributed by atoms with Crippen molar-refractivity contribution in [2.45, 2.75) is 31.8 Å². The highest BCUT2D eigenvalue weighted by atomic mass is 79.9. The fraction of sp³-hybridized carbons (Fsp3) is 0.636. The van der Waals surface area contributed by atoms with E-state index in [1.807, 2.05) is 0 Å². The lowest BCUT2D eigenvalue weighted by Crippen LogP contribution is -2.46. The highest BCUT2D eigenvalue weighted by molar-refractivity contribution is 9.10. The molecule has 0 aliphatic carbocycles. The van der Waals surface area contributed by atoms with Crippen molar-refractivity contribution in [1.82, 2.24) is 15.3 Å². The zero-order valence-corrected chi connectivity index (χ0v) is 11.6. The van der Waals surface area contributed by atoms with Crippen LogP contribution in [0.5, 0.6) is 5.88 Å². The molecule has 1 fully saturated rings. The molecular weight excluding hydrogens is 284 g/mol. The van der Waals surface area contributed by atoms with Crippen LogP contribution in [0.4, 0.5) is 5.95 Å². The van der Waals surface area contributed by atoms with Crippen LogP contribution in [0.1, 0.15) is 19.8 Å². The van der Waals surface area contributed by atoms with Crippen molar-refractivity contribution < 1.29 is 4.74 Å². The lowest BCUT2D eigenvalue weighted by atomic mass is 10.0. The first-order valence-electron chi connectivity index (χ1n) is 5.77. The summed E-state index contributed by atoms with van der Waals surface area (Å²) in [7, 11) is 1.60. The number of nitrogens with zero attached hydrogens (tertiary/aromatic N) is 2. The Hall–Kier alpha value is -0.880. The van der Waals surface area contributed by atoms with Gasteiger partial charge in [0.15, 0.2) is 0 Å². The molecule has 1 aromatic rings. The first kappa shape index (κ1) is 12.6. The highest BCUT2D eigenvalue weighted by Crippen LogP contribution is 2.22. The lowest BCUT2D eigenvalue weighted by Gasteiger charge is -2.30. The molecule has 0 aromatic carbocycles. The van der Waals surface area contributed by atoms with E-state index in [0.29, 0.717) is 23.9 Å². The molecule has 2 unspecified atom stereocenters. The van der Waals surface area contributed by atoms with Crippen molar-refractivity contribution in [2.24, 2.45) is 0 Å². The number of piperidine rings is 1. The largest absolute Gasteiger partial charge is 0.480 e. The standard InChI is InChI=1S/C11H17BrN4O/c1-7-9(4-3-5-13-7)15-11-14-6-8(12)10(16-11)17-2/h6-7,9,13H,3-5H2,1-2H3,(H,14,15,16). The van der Waals surface area contributed by atoms with Crippen molar-refractivity contribution in [3.05, 3.63) is 10.7 Å². The molecule has 1 aromatic heterocycles. The Labute approximate surface area is 110 Å². The fourth-order valence-electron chi connectivity index (χ4n) is 1.97. The summed E-state index contributed by atoms with van der Waals surface area (Å²) in [5.41, 5.74) is 0. The van der Waals surface area contributed by atoms with Crippen molar-refractivity contribution in [3.8, 4) is 5.88 Å². The smallest absolute Gasteiger partial charge is 0.232 e. The van der Waals surface area contributed by atoms with Crippen LogP contribution in [0, 0.1) is 0 Å². The summed E-state index contributed by atoms with van der Waals surface area (Å²) in [4.78, 5) is 8.54. The highest BCUT2D eigenvalue weighted by Gasteiger charge is 2.21. The maximum absolute atomic E-state index is 5.15. The second-order valence-electron chi connectivity index (χ2n) is 4.19. The maximum Gasteiger partial charge on any atom is 0.232 e. The van der Waals surface area contributed by atoms with Crippen LogP contribution >= 0.6 is 15.9 Å². The second-order valence-corrected chi connectivity index (χ2v) is 5.04. The van der Waals surface area contributed by atoms with Crippen LogP contribution in [0.15, 0.2) is 10.7 Å². The summed E-state index contributed by atoms with van der Waals surface area (Å²) in [5.74, 6) is 1.17. The summed E-state index contributed by atoms with van der Waals surface area (Å²) in [5, 5.41) is 6.78. The topological polar surface area (TPSA) is 59.1 Å². The van der Waals surface area contributed by atoms with Gasteiger partial charge in [-0.05, 0) is 42.2 Å². The fourth-order valence-corrected chi connectivity index (χ4v) is 2.32. The Kier molecular flexibility index (Phi) is 4.17. The van der Waals surface area contributed by atoms with Gasteiger partial charge in [-0.2, -0.15) is 4.98 Å². The van der Waals surface area contributed by atoms with E-state index in [1.165, 1.54) is 6.42 Å². The molecule has 1 aliphatic rings. The number of hydrogen-bond donors (Lipinski definition) is 2. The quantitative estimate of drug-likeness (QED) is 0.891. The Morgan fingerprint density at radius 3 is 3.12 bits per heavy atom. The molecule has 5 nitrogen and oxygen atoms in total. The Morgan fingerprint density at radius 1 is 1.59 bits per heavy atom. The molecule has 0 saturated carbocycles. The van der Waals surface area contributed by atoms with Gasteiger partial charge in [0, 0.05) is 12.1 Å². The van der Waals surface area contributed by atoms with Gasteiger partial charge in [0.05, 0.1) is 17.8 Å². The molecule has 0 bridgehead atoms. The molecule has 1 saturated heterocycles. The third kappa shape index (κ3) is 3.07. The van der Waals surface area contributed by atoms with Gasteiger partial charge >= 0.3 is 0 Å². The maximum atomic E-state index is 5.15. The van der Waals surface area contributed by atoms with Gasteiger partial charge in [-0.3, -0.25) is 0 Å². The normalized spacial score (nSPS) is 24.4. The lowest BCUT2D eigenvalue weighted by molar-refractivity contribution is 0.382. The first-order chi connectivity index (χ1) is 8.20. The average Bonchev–Trinajstić information content (AvgIpc) is 2.34. The van der Waals surface area contributed by atoms with E-state index in [0.717, 1.165) is 17.4 Å². The molecule has 2 atom stereocenters. The minimum atomic E-state index is 0.370. The molecule has 2 heterocycles. The number of rotatable bonds is 3. The minimum absolute atomic E-state index is 0.370. The molecular formula is C11H17BrN4O. The van der Waals surface area contributed by atoms with E-state index >= 15 is 0 Å². The van der Waals surface area contributed by atoms with Gasteiger partial charge in [-0.15, -0.1) is 0 Å². The molecule has 2 rings (SSSR count). The van der Waals surface area contributed by atoms with Crippen molar-refractivity contribution in [2.75, 3.05) is 19.0 Å². The molecule has 0 radical (unpaired) electrons. The molecule has 0 spiro atoms. The SMILES string of the molecule is COc1nc(NC2CCCNC2C)ncc1Br. The van der Waals surface area contributed by atoms with Crippen molar-refractivity contribution in [3.63, 3.8) is 0 Å². The minimum Gasteiger partial charge on any atom is -0.480 e. The zero-order valence-electron chi connectivity index (χ0n) is 10.0. The predicted octanol–water partition coefficient (Wildman–Crippen LogP) is 1.80. The number of methoxy groups -OCH3 is 1. The Morgan fingerprint density at radius 2 is 2.41 bits per heavy atom. The number of anilines is 1. The van der Waals surface area contributed by atoms with E-state index in [-0.39, 0.29) is 0 Å². The third-order valence-corrected chi connectivity index (χ3v) is 3.53. The van der Waals surface area contributed by atoms with Gasteiger partial charge in [-0.1, -0.05) is 0 Å². The van der Waals surface area contributed by atoms with Crippen LogP contribution in [0.3, 0.4) is 0 Å². The van der Waals surface area contributed by atoms with E-state index in [9.17, 15) is 0 Å². The molecule has 0 amide bonds. The van der Waals surface area contributed by atoms with Gasteiger partial charge in [-0.25, -0.2) is 4.98 Å². The molecule has 94 valence electrons. The summed E-state index contributed by atoms with van der Waals surface area (Å²) in [6.45, 7) is 3.26. The number of ether oxygens (including phenoxy) is 1. The van der Waals surface area contributed by atoms with Crippen LogP contribution in [-0.4, -0.2) is 35.7 Å². The van der Waals surface area contributed by atoms with Crippen LogP contribution in [0.2, 0.25) is 0 Å². The van der Waals surface area contributed by atoms with E-state index < -0.39 is 0 Å². The number of aromatic nitrogens is 2. The van der Waals surface area contributed by atoms with Crippen molar-refractivity contribution in [1.29, 1.82) is 0 Å². The Balaban J connectivity index is 2.07. The van der Waals surface area contributed by atoms with E-state index in [1.54, 1.807) is 13.3 Å². The first-order valence-corrected chi connectivity index (χ1v) is 6.56. The van der Waals surface area contributed by atoms with Gasteiger partial charge < -0.3 is 15.4 Å². The monoisotopic (exact) mass is 300 g/mol. The number of halogens is 1. The van der Waals surface area contributed by atoms with Gasteiger partial charge in [0.25, 0.3) is 0 Å². The summed E-state index contributed by atoms with van der Waals surface area (Å²) >= 11 is 3.34. The van der Waals surface area contributed by atoms with Crippen LogP contribution in [-0.2, 0) is 0 Å². The molecule has 1 aliphatic heterocycles. The predicted molar refractivity (Wildman–Crippen MR) is 70.4 cm³/mol. The van der Waals surface area contributed by atoms with Gasteiger partial charge in [0.1, 0.15) is 0 Å². The molecule has 2 N–H and O–H groups in total. The van der Waals surface area contributed by atoms with Crippen LogP contribution in [0.25, 0.3) is 0 Å². The second kappa shape index (κ2) is 5.64. The summed E-state index contributed by atoms with van der Waals surface area (Å²) < 4.78 is 5.91. The average molecular weight is 301 g/mol. The Bertz CT molecular complexity index is 388. The van der Waals surface area contributed by atoms with E-state index in [4.69, 9.17) is 4.74 Å². The number of hydrogen-bond acceptors (Lipinski definition) is 5. The summed E-state index contributed by atoms with van der Waals surface area (Å²) in [6.07, 6.45) is 4.01. The van der Waals surface area contributed by atoms with Crippen molar-refractivity contribution >= 4 is 21.9 Å². The van der Waals surface area contributed by atoms with Crippen LogP contribution < -0.4 is 15.4 Å². The summed E-state index contributed by atoms with van der Waals surface area (Å²) in [6, 6.07) is 0.802. The molecule has 6 heteroatoms.